The predicted molar refractivity (Wildman–Crippen MR) is 110 cm³/mol. The molecular formula is C22H19NO6S. The van der Waals surface area contributed by atoms with Crippen molar-refractivity contribution in [2.75, 3.05) is 7.11 Å². The van der Waals surface area contributed by atoms with Crippen LogP contribution in [0, 0.1) is 12.8 Å². The van der Waals surface area contributed by atoms with Crippen LogP contribution in [0.4, 0.5) is 0 Å². The van der Waals surface area contributed by atoms with Crippen molar-refractivity contribution in [1.82, 2.24) is 0 Å². The summed E-state index contributed by atoms with van der Waals surface area (Å²) < 4.78 is 34.3. The molecular weight excluding hydrogens is 406 g/mol. The molecule has 0 aromatic heterocycles. The summed E-state index contributed by atoms with van der Waals surface area (Å²) >= 11 is 0. The van der Waals surface area contributed by atoms with Crippen molar-refractivity contribution < 1.29 is 27.5 Å². The van der Waals surface area contributed by atoms with Gasteiger partial charge in [0.05, 0.1) is 17.7 Å². The minimum absolute atomic E-state index is 0.0129. The van der Waals surface area contributed by atoms with E-state index in [2.05, 4.69) is 9.13 Å². The Morgan fingerprint density at radius 2 is 1.60 bits per heavy atom. The van der Waals surface area contributed by atoms with Gasteiger partial charge in [0.25, 0.3) is 10.0 Å². The Kier molecular flexibility index (Phi) is 5.80. The molecule has 1 atom stereocenters. The number of carbonyl (C=O) groups is 3. The number of benzene rings is 2. The van der Waals surface area contributed by atoms with E-state index in [0.29, 0.717) is 5.56 Å². The number of sulfonamides is 1. The van der Waals surface area contributed by atoms with Crippen molar-refractivity contribution >= 4 is 33.3 Å². The first-order valence-electron chi connectivity index (χ1n) is 9.01. The van der Waals surface area contributed by atoms with Crippen LogP contribution in [0.2, 0.25) is 0 Å². The molecule has 0 saturated heterocycles. The minimum Gasteiger partial charge on any atom is -0.468 e. The third-order valence-electron chi connectivity index (χ3n) is 4.69. The summed E-state index contributed by atoms with van der Waals surface area (Å²) in [5, 5.41) is 0. The maximum absolute atomic E-state index is 13.0. The van der Waals surface area contributed by atoms with Gasteiger partial charge in [0.2, 0.25) is 0 Å². The van der Waals surface area contributed by atoms with Crippen LogP contribution in [0.1, 0.15) is 28.4 Å². The number of allylic oxidation sites excluding steroid dienone is 1. The second kappa shape index (κ2) is 8.16. The number of nitrogens with zero attached hydrogens (tertiary/aromatic N) is 1. The third-order valence-corrected chi connectivity index (χ3v) is 6.00. The molecule has 30 heavy (non-hydrogen) atoms. The van der Waals surface area contributed by atoms with Gasteiger partial charge in [-0.15, -0.1) is 0 Å². The number of hydrogen-bond donors (Lipinski definition) is 0. The quantitative estimate of drug-likeness (QED) is 0.538. The van der Waals surface area contributed by atoms with E-state index in [-0.39, 0.29) is 21.7 Å². The van der Waals surface area contributed by atoms with Crippen LogP contribution in [0.5, 0.6) is 0 Å². The van der Waals surface area contributed by atoms with Crippen molar-refractivity contribution in [3.8, 4) is 0 Å². The van der Waals surface area contributed by atoms with Gasteiger partial charge < -0.3 is 4.74 Å². The molecule has 2 aromatic carbocycles. The molecule has 0 fully saturated rings. The average molecular weight is 425 g/mol. The highest BCUT2D eigenvalue weighted by atomic mass is 32.2. The first-order valence-corrected chi connectivity index (χ1v) is 10.5. The lowest BCUT2D eigenvalue weighted by Gasteiger charge is -2.21. The van der Waals surface area contributed by atoms with Gasteiger partial charge in [0, 0.05) is 16.7 Å². The first kappa shape index (κ1) is 21.3. The smallest absolute Gasteiger partial charge is 0.320 e. The zero-order chi connectivity index (χ0) is 22.1. The summed E-state index contributed by atoms with van der Waals surface area (Å²) in [6.07, 6.45) is 1.18. The molecule has 0 spiro atoms. The Balaban J connectivity index is 2.22. The molecule has 0 aliphatic heterocycles. The van der Waals surface area contributed by atoms with Gasteiger partial charge in [-0.2, -0.15) is 12.8 Å². The van der Waals surface area contributed by atoms with E-state index < -0.39 is 33.5 Å². The van der Waals surface area contributed by atoms with Gasteiger partial charge in [-0.25, -0.2) is 0 Å². The summed E-state index contributed by atoms with van der Waals surface area (Å²) in [5.74, 6) is -3.52. The normalized spacial score (nSPS) is 15.9. The molecule has 3 rings (SSSR count). The fraction of sp³-hybridized carbons (Fsp3) is 0.182. The molecule has 0 radical (unpaired) electrons. The molecule has 1 aliphatic rings. The lowest BCUT2D eigenvalue weighted by molar-refractivity contribution is -0.147. The molecule has 0 N–H and O–H groups in total. The van der Waals surface area contributed by atoms with Crippen molar-refractivity contribution in [3.05, 3.63) is 76.9 Å². The monoisotopic (exact) mass is 425 g/mol. The molecule has 0 saturated carbocycles. The highest BCUT2D eigenvalue weighted by Gasteiger charge is 2.37. The first-order chi connectivity index (χ1) is 14.2. The highest BCUT2D eigenvalue weighted by molar-refractivity contribution is 7.90. The van der Waals surface area contributed by atoms with Crippen LogP contribution in [0.3, 0.4) is 0 Å². The summed E-state index contributed by atoms with van der Waals surface area (Å²) in [6.45, 7) is 2.99. The van der Waals surface area contributed by atoms with E-state index >= 15 is 0 Å². The average Bonchev–Trinajstić information content (AvgIpc) is 2.71. The van der Waals surface area contributed by atoms with E-state index in [4.69, 9.17) is 0 Å². The van der Waals surface area contributed by atoms with Crippen LogP contribution < -0.4 is 0 Å². The molecule has 2 aromatic rings. The Morgan fingerprint density at radius 1 is 1.00 bits per heavy atom. The maximum atomic E-state index is 13.0. The maximum Gasteiger partial charge on any atom is 0.320 e. The number of Topliss-reactive ketones (excluding diaryl/α,β-unsaturated/α-hetero) is 2. The number of fused-ring (bicyclic) bond motifs is 1. The summed E-state index contributed by atoms with van der Waals surface area (Å²) in [6, 6.07) is 12.5. The van der Waals surface area contributed by atoms with E-state index in [1.165, 1.54) is 24.3 Å². The number of carbonyl (C=O) groups excluding carboxylic acids is 3. The number of ketones is 2. The molecule has 154 valence electrons. The summed E-state index contributed by atoms with van der Waals surface area (Å²) in [7, 11) is -2.99. The Hall–Kier alpha value is -3.39. The van der Waals surface area contributed by atoms with E-state index in [1.807, 2.05) is 6.92 Å². The Morgan fingerprint density at radius 3 is 2.17 bits per heavy atom. The number of ether oxygens (including phenoxy) is 1. The molecule has 0 amide bonds. The molecule has 0 heterocycles. The predicted octanol–water partition coefficient (Wildman–Crippen LogP) is 2.67. The topological polar surface area (TPSA) is 107 Å². The number of aryl methyl sites for hydroxylation is 1. The summed E-state index contributed by atoms with van der Waals surface area (Å²) in [5.41, 5.74) is 1.14. The molecule has 1 aliphatic carbocycles. The minimum atomic E-state index is -4.10. The number of esters is 1. The van der Waals surface area contributed by atoms with Gasteiger partial charge >= 0.3 is 5.97 Å². The van der Waals surface area contributed by atoms with Crippen LogP contribution in [-0.4, -0.2) is 38.8 Å². The van der Waals surface area contributed by atoms with E-state index in [0.717, 1.165) is 19.6 Å². The number of hydrogen-bond acceptors (Lipinski definition) is 6. The van der Waals surface area contributed by atoms with Gasteiger partial charge in [0.1, 0.15) is 11.7 Å². The molecule has 8 heteroatoms. The van der Waals surface area contributed by atoms with Crippen molar-refractivity contribution in [2.45, 2.75) is 18.7 Å². The van der Waals surface area contributed by atoms with Crippen LogP contribution in [0.25, 0.3) is 0 Å². The lowest BCUT2D eigenvalue weighted by Crippen LogP contribution is -2.32. The molecule has 0 bridgehead atoms. The zero-order valence-electron chi connectivity index (χ0n) is 16.6. The van der Waals surface area contributed by atoms with Crippen molar-refractivity contribution in [1.29, 1.82) is 0 Å². The van der Waals surface area contributed by atoms with Crippen LogP contribution in [-0.2, 0) is 24.3 Å². The van der Waals surface area contributed by atoms with Crippen LogP contribution >= 0.6 is 0 Å². The molecule has 1 unspecified atom stereocenters. The SMILES string of the molecule is COC(=O)C(C(C)=O)C1=CC(=NS(=O)(=O)c2ccc(C)cc2)c2ccccc2C1=O. The number of methoxy groups -OCH3 is 1. The van der Waals surface area contributed by atoms with Crippen molar-refractivity contribution in [2.24, 2.45) is 10.3 Å². The third kappa shape index (κ3) is 3.99. The second-order valence-electron chi connectivity index (χ2n) is 6.81. The lowest BCUT2D eigenvalue weighted by atomic mass is 9.81. The Labute approximate surface area is 174 Å². The second-order valence-corrected chi connectivity index (χ2v) is 8.41. The molecule has 7 nitrogen and oxygen atoms in total. The fourth-order valence-electron chi connectivity index (χ4n) is 3.16. The highest BCUT2D eigenvalue weighted by Crippen LogP contribution is 2.29. The van der Waals surface area contributed by atoms with Gasteiger partial charge in [-0.3, -0.25) is 14.4 Å². The van der Waals surface area contributed by atoms with Crippen molar-refractivity contribution in [3.63, 3.8) is 0 Å². The zero-order valence-corrected chi connectivity index (χ0v) is 17.4. The largest absolute Gasteiger partial charge is 0.468 e. The number of rotatable bonds is 5. The van der Waals surface area contributed by atoms with Gasteiger partial charge in [-0.1, -0.05) is 42.0 Å². The van der Waals surface area contributed by atoms with E-state index in [9.17, 15) is 22.8 Å². The van der Waals surface area contributed by atoms with Gasteiger partial charge in [0.15, 0.2) is 5.78 Å². The van der Waals surface area contributed by atoms with Gasteiger partial charge in [-0.05, 0) is 32.1 Å². The Bertz CT molecular complexity index is 1210. The standard InChI is InChI=1S/C22H19NO6S/c1-13-8-10-15(11-9-13)30(27,28)23-19-12-18(20(14(2)24)22(26)29-3)21(25)17-7-5-4-6-16(17)19/h4-12,20H,1-3H3. The van der Waals surface area contributed by atoms with E-state index in [1.54, 1.807) is 30.3 Å². The fourth-order valence-corrected chi connectivity index (χ4v) is 4.16. The van der Waals surface area contributed by atoms with Crippen LogP contribution in [0.15, 0.2) is 69.5 Å². The summed E-state index contributed by atoms with van der Waals surface area (Å²) in [4.78, 5) is 37.2.